The molecule has 1 N–H and O–H groups in total. The summed E-state index contributed by atoms with van der Waals surface area (Å²) in [6.45, 7) is 9.01. The third-order valence-corrected chi connectivity index (χ3v) is 4.67. The number of nitrogens with zero attached hydrogens (tertiary/aromatic N) is 1. The first kappa shape index (κ1) is 21.7. The highest BCUT2D eigenvalue weighted by molar-refractivity contribution is 5.89. The number of benzene rings is 2. The highest BCUT2D eigenvalue weighted by Gasteiger charge is 2.32. The Labute approximate surface area is 169 Å². The van der Waals surface area contributed by atoms with E-state index in [1.807, 2.05) is 74.5 Å². The summed E-state index contributed by atoms with van der Waals surface area (Å²) in [6, 6.07) is 18.7. The monoisotopic (exact) mass is 380 g/mol. The molecule has 2 aromatic carbocycles. The first-order valence-corrected chi connectivity index (χ1v) is 10.1. The van der Waals surface area contributed by atoms with E-state index in [2.05, 4.69) is 19.2 Å². The lowest BCUT2D eigenvalue weighted by atomic mass is 10.0. The molecule has 4 heteroatoms. The van der Waals surface area contributed by atoms with Gasteiger partial charge in [0, 0.05) is 19.0 Å². The normalized spacial score (nSPS) is 12.1. The molecule has 28 heavy (non-hydrogen) atoms. The zero-order valence-corrected chi connectivity index (χ0v) is 17.4. The van der Waals surface area contributed by atoms with Crippen molar-refractivity contribution in [2.24, 2.45) is 11.8 Å². The van der Waals surface area contributed by atoms with Gasteiger partial charge in [-0.2, -0.15) is 0 Å². The van der Waals surface area contributed by atoms with E-state index < -0.39 is 6.04 Å². The van der Waals surface area contributed by atoms with Crippen LogP contribution in [0.3, 0.4) is 0 Å². The second kappa shape index (κ2) is 10.6. The maximum Gasteiger partial charge on any atom is 0.247 e. The minimum atomic E-state index is -0.650. The van der Waals surface area contributed by atoms with E-state index >= 15 is 0 Å². The summed E-state index contributed by atoms with van der Waals surface area (Å²) < 4.78 is 0. The SMILES string of the molecule is CC(C)CCNC(=O)[C@H](c1ccccc1)N(Cc1ccccc1)C(=O)C(C)C. The molecule has 0 spiro atoms. The molecule has 2 rings (SSSR count). The maximum absolute atomic E-state index is 13.2. The Morgan fingerprint density at radius 3 is 2.00 bits per heavy atom. The quantitative estimate of drug-likeness (QED) is 0.692. The molecular weight excluding hydrogens is 348 g/mol. The van der Waals surface area contributed by atoms with Gasteiger partial charge in [0.15, 0.2) is 0 Å². The Bertz CT molecular complexity index is 742. The topological polar surface area (TPSA) is 49.4 Å². The van der Waals surface area contributed by atoms with Crippen LogP contribution in [0.5, 0.6) is 0 Å². The molecular formula is C24H32N2O2. The molecule has 1 atom stereocenters. The molecule has 0 unspecified atom stereocenters. The number of hydrogen-bond donors (Lipinski definition) is 1. The van der Waals surface area contributed by atoms with Gasteiger partial charge in [-0.3, -0.25) is 9.59 Å². The molecule has 0 heterocycles. The van der Waals surface area contributed by atoms with Crippen molar-refractivity contribution >= 4 is 11.8 Å². The fourth-order valence-electron chi connectivity index (χ4n) is 3.10. The Morgan fingerprint density at radius 1 is 0.893 bits per heavy atom. The number of rotatable bonds is 9. The van der Waals surface area contributed by atoms with Crippen molar-refractivity contribution in [3.05, 3.63) is 71.8 Å². The van der Waals surface area contributed by atoms with Crippen LogP contribution in [-0.2, 0) is 16.1 Å². The van der Waals surface area contributed by atoms with Crippen LogP contribution in [0, 0.1) is 11.8 Å². The molecule has 0 aliphatic carbocycles. The van der Waals surface area contributed by atoms with E-state index in [1.54, 1.807) is 4.90 Å². The van der Waals surface area contributed by atoms with Gasteiger partial charge in [0.05, 0.1) is 0 Å². The van der Waals surface area contributed by atoms with E-state index in [0.29, 0.717) is 19.0 Å². The molecule has 2 amide bonds. The highest BCUT2D eigenvalue weighted by atomic mass is 16.2. The molecule has 0 aromatic heterocycles. The van der Waals surface area contributed by atoms with Crippen LogP contribution in [0.1, 0.15) is 51.3 Å². The minimum Gasteiger partial charge on any atom is -0.354 e. The molecule has 0 radical (unpaired) electrons. The van der Waals surface area contributed by atoms with E-state index in [4.69, 9.17) is 0 Å². The van der Waals surface area contributed by atoms with Crippen LogP contribution in [0.2, 0.25) is 0 Å². The van der Waals surface area contributed by atoms with E-state index in [1.165, 1.54) is 0 Å². The first-order chi connectivity index (χ1) is 13.4. The summed E-state index contributed by atoms with van der Waals surface area (Å²) >= 11 is 0. The lowest BCUT2D eigenvalue weighted by Crippen LogP contribution is -2.45. The smallest absolute Gasteiger partial charge is 0.247 e. The highest BCUT2D eigenvalue weighted by Crippen LogP contribution is 2.25. The number of amides is 2. The van der Waals surface area contributed by atoms with Crippen LogP contribution in [0.4, 0.5) is 0 Å². The number of nitrogens with one attached hydrogen (secondary N) is 1. The predicted octanol–water partition coefficient (Wildman–Crippen LogP) is 4.57. The van der Waals surface area contributed by atoms with E-state index in [-0.39, 0.29) is 17.7 Å². The fourth-order valence-corrected chi connectivity index (χ4v) is 3.10. The molecule has 2 aromatic rings. The van der Waals surface area contributed by atoms with Crippen LogP contribution in [0.25, 0.3) is 0 Å². The minimum absolute atomic E-state index is 0.0308. The lowest BCUT2D eigenvalue weighted by molar-refractivity contribution is -0.144. The Morgan fingerprint density at radius 2 is 1.46 bits per heavy atom. The van der Waals surface area contributed by atoms with Gasteiger partial charge in [-0.05, 0) is 23.5 Å². The third-order valence-electron chi connectivity index (χ3n) is 4.67. The molecule has 150 valence electrons. The second-order valence-electron chi connectivity index (χ2n) is 7.89. The van der Waals surface area contributed by atoms with Crippen LogP contribution in [0.15, 0.2) is 60.7 Å². The van der Waals surface area contributed by atoms with Gasteiger partial charge >= 0.3 is 0 Å². The summed E-state index contributed by atoms with van der Waals surface area (Å²) in [6.07, 6.45) is 0.907. The molecule has 0 saturated carbocycles. The van der Waals surface area contributed by atoms with Gasteiger partial charge < -0.3 is 10.2 Å². The van der Waals surface area contributed by atoms with Crippen molar-refractivity contribution in [1.82, 2.24) is 10.2 Å². The average Bonchev–Trinajstić information content (AvgIpc) is 2.68. The van der Waals surface area contributed by atoms with Gasteiger partial charge in [-0.25, -0.2) is 0 Å². The Kier molecular flexibility index (Phi) is 8.24. The lowest BCUT2D eigenvalue weighted by Gasteiger charge is -2.33. The first-order valence-electron chi connectivity index (χ1n) is 10.1. The maximum atomic E-state index is 13.2. The van der Waals surface area contributed by atoms with E-state index in [0.717, 1.165) is 17.5 Å². The summed E-state index contributed by atoms with van der Waals surface area (Å²) in [7, 11) is 0. The van der Waals surface area contributed by atoms with Crippen molar-refractivity contribution in [2.75, 3.05) is 6.54 Å². The van der Waals surface area contributed by atoms with Gasteiger partial charge in [0.25, 0.3) is 0 Å². The zero-order chi connectivity index (χ0) is 20.5. The molecule has 0 aliphatic rings. The second-order valence-corrected chi connectivity index (χ2v) is 7.89. The average molecular weight is 381 g/mol. The summed E-state index contributed by atoms with van der Waals surface area (Å²) in [5, 5.41) is 3.04. The Balaban J connectivity index is 2.36. The van der Waals surface area contributed by atoms with Crippen LogP contribution < -0.4 is 5.32 Å². The Hall–Kier alpha value is -2.62. The van der Waals surface area contributed by atoms with Crippen LogP contribution in [-0.4, -0.2) is 23.3 Å². The molecule has 4 nitrogen and oxygen atoms in total. The van der Waals surface area contributed by atoms with Crippen molar-refractivity contribution in [1.29, 1.82) is 0 Å². The van der Waals surface area contributed by atoms with Crippen molar-refractivity contribution < 1.29 is 9.59 Å². The van der Waals surface area contributed by atoms with Crippen LogP contribution >= 0.6 is 0 Å². The number of carbonyl (C=O) groups is 2. The fraction of sp³-hybridized carbons (Fsp3) is 0.417. The van der Waals surface area contributed by atoms with Crippen molar-refractivity contribution in [2.45, 2.75) is 46.7 Å². The molecule has 0 aliphatic heterocycles. The van der Waals surface area contributed by atoms with Crippen molar-refractivity contribution in [3.8, 4) is 0 Å². The van der Waals surface area contributed by atoms with Gasteiger partial charge in [-0.1, -0.05) is 88.4 Å². The molecule has 0 fully saturated rings. The molecule has 0 saturated heterocycles. The summed E-state index contributed by atoms with van der Waals surface area (Å²) in [4.78, 5) is 28.0. The van der Waals surface area contributed by atoms with E-state index in [9.17, 15) is 9.59 Å². The van der Waals surface area contributed by atoms with Gasteiger partial charge in [0.2, 0.25) is 11.8 Å². The predicted molar refractivity (Wildman–Crippen MR) is 113 cm³/mol. The van der Waals surface area contributed by atoms with Gasteiger partial charge in [-0.15, -0.1) is 0 Å². The van der Waals surface area contributed by atoms with Gasteiger partial charge in [0.1, 0.15) is 6.04 Å². The van der Waals surface area contributed by atoms with Crippen molar-refractivity contribution in [3.63, 3.8) is 0 Å². The summed E-state index contributed by atoms with van der Waals surface area (Å²) in [5.41, 5.74) is 1.84. The standard InChI is InChI=1S/C24H32N2O2/c1-18(2)15-16-25-23(27)22(21-13-9-6-10-14-21)26(24(28)19(3)4)17-20-11-7-5-8-12-20/h5-14,18-19,22H,15-17H2,1-4H3,(H,25,27)/t22-/m0/s1. The number of hydrogen-bond acceptors (Lipinski definition) is 2. The largest absolute Gasteiger partial charge is 0.354 e. The zero-order valence-electron chi connectivity index (χ0n) is 17.4. The number of carbonyl (C=O) groups excluding carboxylic acids is 2. The summed E-state index contributed by atoms with van der Waals surface area (Å²) in [5.74, 6) is 0.153. The molecule has 0 bridgehead atoms. The third kappa shape index (κ3) is 6.22.